The molecule has 6 heteroatoms. The second kappa shape index (κ2) is 5.79. The molecule has 0 spiro atoms. The fraction of sp³-hybridized carbons (Fsp3) is 0.636. The molecule has 0 aliphatic carbocycles. The minimum absolute atomic E-state index is 0.223. The number of ether oxygens (including phenoxy) is 2. The third-order valence-electron chi connectivity index (χ3n) is 2.34. The van der Waals surface area contributed by atoms with Gasteiger partial charge in [0.05, 0.1) is 11.7 Å². The first-order valence-corrected chi connectivity index (χ1v) is 5.30. The van der Waals surface area contributed by atoms with Crippen LogP contribution in [-0.2, 0) is 9.47 Å². The zero-order valence-electron chi connectivity index (χ0n) is 10.7. The number of nitrogens with zero attached hydrogens (tertiary/aromatic N) is 1. The number of rotatable bonds is 5. The summed E-state index contributed by atoms with van der Waals surface area (Å²) >= 11 is 0. The van der Waals surface area contributed by atoms with Gasteiger partial charge in [-0.2, -0.15) is 0 Å². The lowest BCUT2D eigenvalue weighted by Gasteiger charge is -2.21. The van der Waals surface area contributed by atoms with Crippen LogP contribution in [0.25, 0.3) is 0 Å². The van der Waals surface area contributed by atoms with Crippen molar-refractivity contribution in [2.24, 2.45) is 0 Å². The van der Waals surface area contributed by atoms with Gasteiger partial charge in [0.2, 0.25) is 5.76 Å². The maximum absolute atomic E-state index is 11.9. The van der Waals surface area contributed by atoms with Gasteiger partial charge in [0.1, 0.15) is 0 Å². The molecule has 0 aliphatic heterocycles. The van der Waals surface area contributed by atoms with E-state index in [9.17, 15) is 4.79 Å². The average Bonchev–Trinajstić information content (AvgIpc) is 2.59. The van der Waals surface area contributed by atoms with Crippen molar-refractivity contribution >= 4 is 5.91 Å². The number of amides is 1. The number of nitrogens with one attached hydrogen (secondary N) is 1. The maximum Gasteiger partial charge on any atom is 0.289 e. The Bertz CT molecular complexity index is 385. The Kier molecular flexibility index (Phi) is 4.65. The Morgan fingerprint density at radius 1 is 1.35 bits per heavy atom. The van der Waals surface area contributed by atoms with E-state index >= 15 is 0 Å². The van der Waals surface area contributed by atoms with Crippen molar-refractivity contribution in [3.05, 3.63) is 17.3 Å². The van der Waals surface area contributed by atoms with Crippen LogP contribution in [-0.4, -0.2) is 37.4 Å². The number of aromatic nitrogens is 1. The van der Waals surface area contributed by atoms with Crippen LogP contribution in [0.2, 0.25) is 0 Å². The Morgan fingerprint density at radius 3 is 2.35 bits per heavy atom. The van der Waals surface area contributed by atoms with Crippen LogP contribution in [0.4, 0.5) is 0 Å². The molecule has 0 saturated heterocycles. The molecule has 0 bridgehead atoms. The van der Waals surface area contributed by atoms with Gasteiger partial charge >= 0.3 is 0 Å². The van der Waals surface area contributed by atoms with Gasteiger partial charge in [0.15, 0.2) is 12.2 Å². The highest BCUT2D eigenvalue weighted by Crippen LogP contribution is 2.10. The summed E-state index contributed by atoms with van der Waals surface area (Å²) in [5.74, 6) is 0.366. The van der Waals surface area contributed by atoms with Gasteiger partial charge in [-0.3, -0.25) is 4.79 Å². The van der Waals surface area contributed by atoms with E-state index in [2.05, 4.69) is 10.3 Å². The Balaban J connectivity index is 2.69. The van der Waals surface area contributed by atoms with Gasteiger partial charge in [-0.05, 0) is 13.8 Å². The van der Waals surface area contributed by atoms with Gasteiger partial charge in [-0.25, -0.2) is 4.98 Å². The highest BCUT2D eigenvalue weighted by molar-refractivity contribution is 5.92. The van der Waals surface area contributed by atoms with E-state index in [1.54, 1.807) is 20.8 Å². The number of carbonyl (C=O) groups excluding carboxylic acids is 1. The Hall–Kier alpha value is -1.40. The summed E-state index contributed by atoms with van der Waals surface area (Å²) in [7, 11) is 3.03. The number of methoxy groups -OCH3 is 2. The molecule has 1 N–H and O–H groups in total. The van der Waals surface area contributed by atoms with Crippen molar-refractivity contribution in [2.45, 2.75) is 33.1 Å². The fourth-order valence-electron chi connectivity index (χ4n) is 1.59. The minimum Gasteiger partial charge on any atom is -0.436 e. The molecule has 1 amide bonds. The number of oxazole rings is 1. The molecule has 0 aromatic carbocycles. The molecule has 1 unspecified atom stereocenters. The number of carbonyl (C=O) groups is 1. The number of hydrogen-bond acceptors (Lipinski definition) is 5. The molecule has 6 nitrogen and oxygen atoms in total. The molecule has 1 aromatic rings. The van der Waals surface area contributed by atoms with E-state index < -0.39 is 6.29 Å². The molecule has 96 valence electrons. The fourth-order valence-corrected chi connectivity index (χ4v) is 1.59. The molecule has 0 radical (unpaired) electrons. The standard InChI is InChI=1S/C11H18N2O4/c1-6-9(17-8(3)12-6)10(14)13-7(2)11(15-4)16-5/h7,11H,1-5H3,(H,13,14). The predicted octanol–water partition coefficient (Wildman–Crippen LogP) is 1.03. The first-order chi connectivity index (χ1) is 7.99. The lowest BCUT2D eigenvalue weighted by Crippen LogP contribution is -2.43. The Morgan fingerprint density at radius 2 is 1.94 bits per heavy atom. The summed E-state index contributed by atoms with van der Waals surface area (Å²) in [4.78, 5) is 15.9. The zero-order valence-corrected chi connectivity index (χ0v) is 10.7. The van der Waals surface area contributed by atoms with Crippen molar-refractivity contribution < 1.29 is 18.7 Å². The molecule has 1 aromatic heterocycles. The van der Waals surface area contributed by atoms with Crippen molar-refractivity contribution in [2.75, 3.05) is 14.2 Å². The van der Waals surface area contributed by atoms with Gasteiger partial charge in [0.25, 0.3) is 5.91 Å². The van der Waals surface area contributed by atoms with E-state index in [0.29, 0.717) is 11.6 Å². The summed E-state index contributed by atoms with van der Waals surface area (Å²) in [6.07, 6.45) is -0.497. The number of aryl methyl sites for hydroxylation is 2. The molecule has 17 heavy (non-hydrogen) atoms. The van der Waals surface area contributed by atoms with E-state index in [1.807, 2.05) is 0 Å². The van der Waals surface area contributed by atoms with Crippen LogP contribution in [0.5, 0.6) is 0 Å². The smallest absolute Gasteiger partial charge is 0.289 e. The van der Waals surface area contributed by atoms with Gasteiger partial charge in [-0.1, -0.05) is 0 Å². The first-order valence-electron chi connectivity index (χ1n) is 5.30. The normalized spacial score (nSPS) is 12.8. The molecule has 0 fully saturated rings. The first kappa shape index (κ1) is 13.7. The van der Waals surface area contributed by atoms with E-state index in [4.69, 9.17) is 13.9 Å². The van der Waals surface area contributed by atoms with Crippen LogP contribution in [0.3, 0.4) is 0 Å². The molecule has 1 heterocycles. The van der Waals surface area contributed by atoms with Crippen LogP contribution >= 0.6 is 0 Å². The summed E-state index contributed by atoms with van der Waals surface area (Å²) in [6, 6.07) is -0.290. The molecule has 0 aliphatic rings. The molecule has 1 rings (SSSR count). The second-order valence-electron chi connectivity index (χ2n) is 3.75. The molecule has 1 atom stereocenters. The van der Waals surface area contributed by atoms with Crippen LogP contribution in [0.15, 0.2) is 4.42 Å². The summed E-state index contributed by atoms with van der Waals surface area (Å²) in [5.41, 5.74) is 0.568. The van der Waals surface area contributed by atoms with Crippen LogP contribution < -0.4 is 5.32 Å². The van der Waals surface area contributed by atoms with Crippen molar-refractivity contribution in [3.8, 4) is 0 Å². The molecular formula is C11H18N2O4. The third-order valence-corrected chi connectivity index (χ3v) is 2.34. The lowest BCUT2D eigenvalue weighted by atomic mass is 10.3. The average molecular weight is 242 g/mol. The van der Waals surface area contributed by atoms with E-state index in [1.165, 1.54) is 14.2 Å². The van der Waals surface area contributed by atoms with Gasteiger partial charge < -0.3 is 19.2 Å². The third kappa shape index (κ3) is 3.28. The van der Waals surface area contributed by atoms with Crippen molar-refractivity contribution in [1.29, 1.82) is 0 Å². The van der Waals surface area contributed by atoms with Gasteiger partial charge in [-0.15, -0.1) is 0 Å². The molecule has 0 saturated carbocycles. The summed E-state index contributed by atoms with van der Waals surface area (Å²) in [6.45, 7) is 5.20. The number of hydrogen-bond donors (Lipinski definition) is 1. The predicted molar refractivity (Wildman–Crippen MR) is 60.7 cm³/mol. The van der Waals surface area contributed by atoms with E-state index in [-0.39, 0.29) is 17.7 Å². The van der Waals surface area contributed by atoms with Crippen LogP contribution in [0, 0.1) is 13.8 Å². The largest absolute Gasteiger partial charge is 0.436 e. The highest BCUT2D eigenvalue weighted by Gasteiger charge is 2.22. The summed E-state index contributed by atoms with van der Waals surface area (Å²) < 4.78 is 15.3. The van der Waals surface area contributed by atoms with Crippen molar-refractivity contribution in [3.63, 3.8) is 0 Å². The SMILES string of the molecule is COC(OC)C(C)NC(=O)c1oc(C)nc1C. The monoisotopic (exact) mass is 242 g/mol. The topological polar surface area (TPSA) is 73.6 Å². The van der Waals surface area contributed by atoms with Crippen LogP contribution in [0.1, 0.15) is 29.1 Å². The quantitative estimate of drug-likeness (QED) is 0.780. The minimum atomic E-state index is -0.497. The second-order valence-corrected chi connectivity index (χ2v) is 3.75. The lowest BCUT2D eigenvalue weighted by molar-refractivity contribution is -0.117. The Labute approximate surface area is 100 Å². The van der Waals surface area contributed by atoms with Crippen molar-refractivity contribution in [1.82, 2.24) is 10.3 Å². The van der Waals surface area contributed by atoms with E-state index in [0.717, 1.165) is 0 Å². The summed E-state index contributed by atoms with van der Waals surface area (Å²) in [5, 5.41) is 2.73. The molecular weight excluding hydrogens is 224 g/mol. The van der Waals surface area contributed by atoms with Gasteiger partial charge in [0, 0.05) is 21.1 Å². The highest BCUT2D eigenvalue weighted by atomic mass is 16.7. The maximum atomic E-state index is 11.9. The zero-order chi connectivity index (χ0) is 13.0.